The van der Waals surface area contributed by atoms with Gasteiger partial charge in [-0.2, -0.15) is 8.42 Å². The van der Waals surface area contributed by atoms with Gasteiger partial charge in [-0.25, -0.2) is 19.8 Å². The van der Waals surface area contributed by atoms with Crippen molar-refractivity contribution in [1.29, 1.82) is 0 Å². The number of nitrogens with one attached hydrogen (secondary N) is 1. The van der Waals surface area contributed by atoms with Gasteiger partial charge < -0.3 is 4.90 Å². The van der Waals surface area contributed by atoms with Gasteiger partial charge in [-0.05, 0) is 49.1 Å². The maximum absolute atomic E-state index is 11.3. The van der Waals surface area contributed by atoms with Crippen LogP contribution < -0.4 is 14.8 Å². The van der Waals surface area contributed by atoms with Crippen molar-refractivity contribution < 1.29 is 8.42 Å². The molecule has 1 aliphatic rings. The first kappa shape index (κ1) is 19.8. The molecule has 4 rings (SSSR count). The van der Waals surface area contributed by atoms with Crippen LogP contribution in [0.4, 0.5) is 5.82 Å². The summed E-state index contributed by atoms with van der Waals surface area (Å²) >= 11 is 0. The zero-order chi connectivity index (χ0) is 20.6. The molecule has 0 aliphatic carbocycles. The fourth-order valence-corrected chi connectivity index (χ4v) is 4.48. The summed E-state index contributed by atoms with van der Waals surface area (Å²) in [6.45, 7) is 5.98. The fraction of sp³-hybridized carbons (Fsp3) is 0.333. The van der Waals surface area contributed by atoms with Gasteiger partial charge in [0.2, 0.25) is 0 Å². The molecular weight excluding hydrogens is 386 g/mol. The maximum atomic E-state index is 11.3. The number of anilines is 1. The molecule has 0 amide bonds. The second kappa shape index (κ2) is 7.37. The van der Waals surface area contributed by atoms with Crippen LogP contribution >= 0.6 is 0 Å². The van der Waals surface area contributed by atoms with Crippen molar-refractivity contribution in [3.05, 3.63) is 65.5 Å². The normalized spacial score (nSPS) is 16.0. The van der Waals surface area contributed by atoms with Crippen LogP contribution in [0.1, 0.15) is 23.1 Å². The number of fused-ring (bicyclic) bond motifs is 1. The molecule has 1 saturated heterocycles. The van der Waals surface area contributed by atoms with Crippen molar-refractivity contribution in [3.63, 3.8) is 0 Å². The molecule has 0 radical (unpaired) electrons. The standard InChI is InChI=1S/C21H25N5O2S/c1-15-10-18-19(11-16(15)2)23-14-24-20(18)26-12-21(13-26,8-9-25-29(22,27)28)17-6-4-3-5-7-17/h3-7,10-11,14,25H,8-9,12-13H2,1-2H3,(H2,22,27,28). The van der Waals surface area contributed by atoms with E-state index in [0.717, 1.165) is 29.8 Å². The zero-order valence-electron chi connectivity index (χ0n) is 16.6. The lowest BCUT2D eigenvalue weighted by molar-refractivity contribution is 0.306. The van der Waals surface area contributed by atoms with Crippen LogP contribution in [0.15, 0.2) is 48.8 Å². The van der Waals surface area contributed by atoms with Gasteiger partial charge in [-0.15, -0.1) is 0 Å². The molecule has 7 nitrogen and oxygen atoms in total. The Bertz CT molecular complexity index is 1140. The second-order valence-corrected chi connectivity index (χ2v) is 9.22. The van der Waals surface area contributed by atoms with Crippen molar-refractivity contribution in [1.82, 2.24) is 14.7 Å². The molecule has 1 fully saturated rings. The summed E-state index contributed by atoms with van der Waals surface area (Å²) in [6.07, 6.45) is 2.27. The first-order valence-electron chi connectivity index (χ1n) is 9.57. The molecule has 0 spiro atoms. The van der Waals surface area contributed by atoms with Crippen molar-refractivity contribution in [2.75, 3.05) is 24.5 Å². The summed E-state index contributed by atoms with van der Waals surface area (Å²) in [5.41, 5.74) is 4.39. The van der Waals surface area contributed by atoms with E-state index in [9.17, 15) is 8.42 Å². The highest BCUT2D eigenvalue weighted by atomic mass is 32.2. The monoisotopic (exact) mass is 411 g/mol. The third-order valence-electron chi connectivity index (χ3n) is 5.81. The topological polar surface area (TPSA) is 101 Å². The number of benzene rings is 2. The highest BCUT2D eigenvalue weighted by Gasteiger charge is 2.45. The Balaban J connectivity index is 1.63. The van der Waals surface area contributed by atoms with Crippen LogP contribution in [-0.2, 0) is 15.6 Å². The maximum Gasteiger partial charge on any atom is 0.274 e. The zero-order valence-corrected chi connectivity index (χ0v) is 17.4. The minimum atomic E-state index is -3.70. The highest BCUT2D eigenvalue weighted by Crippen LogP contribution is 2.41. The van der Waals surface area contributed by atoms with Crippen LogP contribution in [0.5, 0.6) is 0 Å². The van der Waals surface area contributed by atoms with Crippen molar-refractivity contribution >= 4 is 26.9 Å². The SMILES string of the molecule is Cc1cc2ncnc(N3CC(CCNS(N)(=O)=O)(c4ccccc4)C3)c2cc1C. The molecule has 3 aromatic rings. The number of nitrogens with zero attached hydrogens (tertiary/aromatic N) is 3. The summed E-state index contributed by atoms with van der Waals surface area (Å²) in [5, 5.41) is 6.15. The van der Waals surface area contributed by atoms with E-state index in [-0.39, 0.29) is 5.41 Å². The molecule has 8 heteroatoms. The van der Waals surface area contributed by atoms with E-state index < -0.39 is 10.2 Å². The average molecular weight is 412 g/mol. The summed E-state index contributed by atoms with van der Waals surface area (Å²) in [4.78, 5) is 11.2. The van der Waals surface area contributed by atoms with E-state index >= 15 is 0 Å². The van der Waals surface area contributed by atoms with Gasteiger partial charge in [0.1, 0.15) is 12.1 Å². The van der Waals surface area contributed by atoms with Gasteiger partial charge in [0, 0.05) is 30.4 Å². The number of rotatable bonds is 6. The van der Waals surface area contributed by atoms with Gasteiger partial charge in [-0.3, -0.25) is 0 Å². The van der Waals surface area contributed by atoms with E-state index in [1.54, 1.807) is 6.33 Å². The quantitative estimate of drug-likeness (QED) is 0.647. The number of hydrogen-bond donors (Lipinski definition) is 2. The van der Waals surface area contributed by atoms with Crippen LogP contribution in [0.25, 0.3) is 10.9 Å². The summed E-state index contributed by atoms with van der Waals surface area (Å²) in [7, 11) is -3.70. The number of aryl methyl sites for hydroxylation is 2. The van der Waals surface area contributed by atoms with Crippen molar-refractivity contribution in [3.8, 4) is 0 Å². The lowest BCUT2D eigenvalue weighted by Gasteiger charge is -2.51. The first-order chi connectivity index (χ1) is 13.8. The van der Waals surface area contributed by atoms with E-state index in [0.29, 0.717) is 13.0 Å². The van der Waals surface area contributed by atoms with Crippen LogP contribution in [0, 0.1) is 13.8 Å². The molecule has 3 N–H and O–H groups in total. The Morgan fingerprint density at radius 3 is 2.48 bits per heavy atom. The van der Waals surface area contributed by atoms with E-state index in [2.05, 4.69) is 57.7 Å². The van der Waals surface area contributed by atoms with Gasteiger partial charge in [-0.1, -0.05) is 30.3 Å². The summed E-state index contributed by atoms with van der Waals surface area (Å²) in [6, 6.07) is 14.4. The molecular formula is C21H25N5O2S. The Kier molecular flexibility index (Phi) is 5.02. The summed E-state index contributed by atoms with van der Waals surface area (Å²) < 4.78 is 25.0. The van der Waals surface area contributed by atoms with Crippen LogP contribution in [0.2, 0.25) is 0 Å². The molecule has 0 saturated carbocycles. The Morgan fingerprint density at radius 2 is 1.79 bits per heavy atom. The second-order valence-electron chi connectivity index (χ2n) is 7.84. The molecule has 152 valence electrons. The molecule has 0 unspecified atom stereocenters. The first-order valence-corrected chi connectivity index (χ1v) is 11.1. The predicted molar refractivity (Wildman–Crippen MR) is 115 cm³/mol. The third-order valence-corrected chi connectivity index (χ3v) is 6.42. The van der Waals surface area contributed by atoms with Crippen molar-refractivity contribution in [2.45, 2.75) is 25.7 Å². The van der Waals surface area contributed by atoms with Gasteiger partial charge in [0.25, 0.3) is 10.2 Å². The molecule has 2 aromatic carbocycles. The van der Waals surface area contributed by atoms with Gasteiger partial charge in [0.05, 0.1) is 5.52 Å². The Morgan fingerprint density at radius 1 is 1.10 bits per heavy atom. The fourth-order valence-electron chi connectivity index (χ4n) is 4.10. The molecule has 1 aromatic heterocycles. The van der Waals surface area contributed by atoms with Gasteiger partial charge >= 0.3 is 0 Å². The van der Waals surface area contributed by atoms with Crippen LogP contribution in [0.3, 0.4) is 0 Å². The lowest BCUT2D eigenvalue weighted by atomic mass is 9.71. The van der Waals surface area contributed by atoms with Gasteiger partial charge in [0.15, 0.2) is 0 Å². The van der Waals surface area contributed by atoms with E-state index in [1.165, 1.54) is 16.7 Å². The smallest absolute Gasteiger partial charge is 0.274 e. The Hall–Kier alpha value is -2.55. The number of aromatic nitrogens is 2. The molecule has 1 aliphatic heterocycles. The molecule has 29 heavy (non-hydrogen) atoms. The molecule has 0 bridgehead atoms. The minimum absolute atomic E-state index is 0.157. The van der Waals surface area contributed by atoms with Crippen molar-refractivity contribution in [2.24, 2.45) is 5.14 Å². The molecule has 2 heterocycles. The Labute approximate surface area is 171 Å². The minimum Gasteiger partial charge on any atom is -0.354 e. The van der Waals surface area contributed by atoms with Crippen LogP contribution in [-0.4, -0.2) is 38.0 Å². The molecule has 0 atom stereocenters. The predicted octanol–water partition coefficient (Wildman–Crippen LogP) is 2.19. The number of hydrogen-bond acceptors (Lipinski definition) is 5. The largest absolute Gasteiger partial charge is 0.354 e. The summed E-state index contributed by atoms with van der Waals surface area (Å²) in [5.74, 6) is 0.920. The average Bonchev–Trinajstić information content (AvgIpc) is 2.64. The van der Waals surface area contributed by atoms with E-state index in [4.69, 9.17) is 5.14 Å². The van der Waals surface area contributed by atoms with E-state index in [1.807, 2.05) is 18.2 Å². The lowest BCUT2D eigenvalue weighted by Crippen LogP contribution is -2.61. The third kappa shape index (κ3) is 3.96. The highest BCUT2D eigenvalue weighted by molar-refractivity contribution is 7.87. The number of nitrogens with two attached hydrogens (primary N) is 1.